The minimum atomic E-state index is -1.21. The maximum absolute atomic E-state index is 12.0. The molecule has 0 unspecified atom stereocenters. The molecule has 0 aliphatic carbocycles. The molecule has 1 aromatic rings. The van der Waals surface area contributed by atoms with Gasteiger partial charge in [0.25, 0.3) is 5.91 Å². The summed E-state index contributed by atoms with van der Waals surface area (Å²) in [7, 11) is 0. The third-order valence-electron chi connectivity index (χ3n) is 2.48. The number of para-hydroxylation sites is 1. The topological polar surface area (TPSA) is 95.5 Å². The smallest absolute Gasteiger partial charge is 0.328 e. The molecule has 0 aliphatic rings. The molecular formula is C15H18N2O4. The van der Waals surface area contributed by atoms with Crippen molar-refractivity contribution in [2.24, 2.45) is 5.92 Å². The highest BCUT2D eigenvalue weighted by atomic mass is 16.4. The molecule has 0 aliphatic heterocycles. The summed E-state index contributed by atoms with van der Waals surface area (Å²) in [6.07, 6.45) is 1.63. The van der Waals surface area contributed by atoms with Crippen LogP contribution < -0.4 is 10.6 Å². The van der Waals surface area contributed by atoms with Gasteiger partial charge in [-0.1, -0.05) is 26.0 Å². The van der Waals surface area contributed by atoms with Crippen LogP contribution in [0.4, 0.5) is 5.69 Å². The number of aliphatic carboxylic acids is 1. The molecular weight excluding hydrogens is 272 g/mol. The Bertz CT molecular complexity index is 565. The van der Waals surface area contributed by atoms with Crippen LogP contribution in [0.25, 0.3) is 0 Å². The van der Waals surface area contributed by atoms with E-state index in [1.807, 2.05) is 13.8 Å². The lowest BCUT2D eigenvalue weighted by molar-refractivity contribution is -0.131. The number of anilines is 1. The molecule has 0 spiro atoms. The van der Waals surface area contributed by atoms with E-state index in [1.165, 1.54) is 0 Å². The maximum atomic E-state index is 12.0. The molecule has 0 atom stereocenters. The van der Waals surface area contributed by atoms with Crippen molar-refractivity contribution in [3.8, 4) is 0 Å². The van der Waals surface area contributed by atoms with Gasteiger partial charge in [-0.2, -0.15) is 0 Å². The summed E-state index contributed by atoms with van der Waals surface area (Å²) in [5.41, 5.74) is 0.661. The number of carbonyl (C=O) groups is 3. The number of hydrogen-bond acceptors (Lipinski definition) is 3. The van der Waals surface area contributed by atoms with Crippen LogP contribution in [0.1, 0.15) is 24.2 Å². The molecule has 0 heterocycles. The first-order valence-electron chi connectivity index (χ1n) is 6.49. The fourth-order valence-electron chi connectivity index (χ4n) is 1.50. The Balaban J connectivity index is 2.82. The first-order valence-corrected chi connectivity index (χ1v) is 6.49. The van der Waals surface area contributed by atoms with E-state index in [0.29, 0.717) is 23.7 Å². The summed E-state index contributed by atoms with van der Waals surface area (Å²) in [4.78, 5) is 34.0. The number of carboxylic acid groups (broad SMARTS) is 1. The van der Waals surface area contributed by atoms with E-state index in [4.69, 9.17) is 5.11 Å². The molecule has 0 saturated heterocycles. The molecule has 21 heavy (non-hydrogen) atoms. The van der Waals surface area contributed by atoms with Crippen LogP contribution in [0.15, 0.2) is 36.4 Å². The van der Waals surface area contributed by atoms with E-state index in [0.717, 1.165) is 12.2 Å². The molecule has 0 fully saturated rings. The molecule has 0 aromatic heterocycles. The molecule has 0 saturated carbocycles. The lowest BCUT2D eigenvalue weighted by Gasteiger charge is -2.11. The van der Waals surface area contributed by atoms with Crippen molar-refractivity contribution >= 4 is 23.5 Å². The predicted octanol–water partition coefficient (Wildman–Crippen LogP) is 1.65. The van der Waals surface area contributed by atoms with Gasteiger partial charge in [0.05, 0.1) is 11.3 Å². The Morgan fingerprint density at radius 1 is 1.19 bits per heavy atom. The zero-order valence-corrected chi connectivity index (χ0v) is 11.9. The first-order chi connectivity index (χ1) is 9.90. The fourth-order valence-corrected chi connectivity index (χ4v) is 1.50. The zero-order valence-electron chi connectivity index (χ0n) is 11.9. The SMILES string of the molecule is CC(C)CNC(=O)c1ccccc1NC(=O)/C=C/C(=O)O. The largest absolute Gasteiger partial charge is 0.478 e. The van der Waals surface area contributed by atoms with Crippen molar-refractivity contribution in [2.45, 2.75) is 13.8 Å². The number of benzene rings is 1. The van der Waals surface area contributed by atoms with Crippen LogP contribution in [0.3, 0.4) is 0 Å². The van der Waals surface area contributed by atoms with Gasteiger partial charge in [-0.3, -0.25) is 9.59 Å². The van der Waals surface area contributed by atoms with Crippen molar-refractivity contribution in [1.29, 1.82) is 0 Å². The maximum Gasteiger partial charge on any atom is 0.328 e. The number of carbonyl (C=O) groups excluding carboxylic acids is 2. The van der Waals surface area contributed by atoms with Gasteiger partial charge < -0.3 is 15.7 Å². The number of rotatable bonds is 6. The average Bonchev–Trinajstić information content (AvgIpc) is 2.43. The van der Waals surface area contributed by atoms with Gasteiger partial charge in [0.1, 0.15) is 0 Å². The van der Waals surface area contributed by atoms with E-state index in [2.05, 4.69) is 10.6 Å². The second kappa shape index (κ2) is 7.84. The highest BCUT2D eigenvalue weighted by molar-refractivity contribution is 6.07. The monoisotopic (exact) mass is 290 g/mol. The molecule has 0 bridgehead atoms. The van der Waals surface area contributed by atoms with Gasteiger partial charge in [0, 0.05) is 18.7 Å². The Morgan fingerprint density at radius 3 is 2.48 bits per heavy atom. The molecule has 1 rings (SSSR count). The number of hydrogen-bond donors (Lipinski definition) is 3. The Kier molecular flexibility index (Phi) is 6.13. The van der Waals surface area contributed by atoms with Crippen LogP contribution in [0.2, 0.25) is 0 Å². The quantitative estimate of drug-likeness (QED) is 0.694. The molecule has 6 heteroatoms. The lowest BCUT2D eigenvalue weighted by atomic mass is 10.1. The predicted molar refractivity (Wildman–Crippen MR) is 79.0 cm³/mol. The lowest BCUT2D eigenvalue weighted by Crippen LogP contribution is -2.28. The second-order valence-electron chi connectivity index (χ2n) is 4.81. The van der Waals surface area contributed by atoms with Crippen LogP contribution in [-0.2, 0) is 9.59 Å². The normalized spacial score (nSPS) is 10.6. The second-order valence-corrected chi connectivity index (χ2v) is 4.81. The van der Waals surface area contributed by atoms with Gasteiger partial charge in [-0.25, -0.2) is 4.79 Å². The molecule has 3 N–H and O–H groups in total. The minimum absolute atomic E-state index is 0.290. The van der Waals surface area contributed by atoms with Gasteiger partial charge in [-0.15, -0.1) is 0 Å². The van der Waals surface area contributed by atoms with E-state index in [1.54, 1.807) is 24.3 Å². The van der Waals surface area contributed by atoms with Crippen LogP contribution in [0.5, 0.6) is 0 Å². The summed E-state index contributed by atoms with van der Waals surface area (Å²) >= 11 is 0. The van der Waals surface area contributed by atoms with Gasteiger partial charge >= 0.3 is 5.97 Å². The summed E-state index contributed by atoms with van der Waals surface area (Å²) in [5, 5.41) is 13.7. The van der Waals surface area contributed by atoms with Crippen molar-refractivity contribution in [1.82, 2.24) is 5.32 Å². The summed E-state index contributed by atoms with van der Waals surface area (Å²) in [6.45, 7) is 4.48. The van der Waals surface area contributed by atoms with E-state index in [-0.39, 0.29) is 5.91 Å². The van der Waals surface area contributed by atoms with Crippen molar-refractivity contribution < 1.29 is 19.5 Å². The third-order valence-corrected chi connectivity index (χ3v) is 2.48. The van der Waals surface area contributed by atoms with E-state index >= 15 is 0 Å². The van der Waals surface area contributed by atoms with Crippen LogP contribution in [-0.4, -0.2) is 29.4 Å². The fraction of sp³-hybridized carbons (Fsp3) is 0.267. The summed E-state index contributed by atoms with van der Waals surface area (Å²) < 4.78 is 0. The first kappa shape index (κ1) is 16.4. The minimum Gasteiger partial charge on any atom is -0.478 e. The van der Waals surface area contributed by atoms with Crippen molar-refractivity contribution in [3.63, 3.8) is 0 Å². The van der Waals surface area contributed by atoms with Crippen molar-refractivity contribution in [2.75, 3.05) is 11.9 Å². The zero-order chi connectivity index (χ0) is 15.8. The number of amides is 2. The van der Waals surface area contributed by atoms with Crippen LogP contribution >= 0.6 is 0 Å². The Labute approximate surface area is 122 Å². The number of nitrogens with one attached hydrogen (secondary N) is 2. The molecule has 0 radical (unpaired) electrons. The van der Waals surface area contributed by atoms with Gasteiger partial charge in [0.2, 0.25) is 5.91 Å². The standard InChI is InChI=1S/C15H18N2O4/c1-10(2)9-16-15(21)11-5-3-4-6-12(11)17-13(18)7-8-14(19)20/h3-8,10H,9H2,1-2H3,(H,16,21)(H,17,18)(H,19,20)/b8-7+. The molecule has 1 aromatic carbocycles. The Hall–Kier alpha value is -2.63. The van der Waals surface area contributed by atoms with Crippen molar-refractivity contribution in [3.05, 3.63) is 42.0 Å². The third kappa shape index (κ3) is 5.90. The summed E-state index contributed by atoms with van der Waals surface area (Å²) in [6, 6.07) is 6.53. The highest BCUT2D eigenvalue weighted by Crippen LogP contribution is 2.15. The van der Waals surface area contributed by atoms with E-state index in [9.17, 15) is 14.4 Å². The highest BCUT2D eigenvalue weighted by Gasteiger charge is 2.12. The van der Waals surface area contributed by atoms with Gasteiger partial charge in [0.15, 0.2) is 0 Å². The molecule has 2 amide bonds. The van der Waals surface area contributed by atoms with Gasteiger partial charge in [-0.05, 0) is 18.1 Å². The summed E-state index contributed by atoms with van der Waals surface area (Å²) in [5.74, 6) is -1.80. The molecule has 6 nitrogen and oxygen atoms in total. The van der Waals surface area contributed by atoms with E-state index < -0.39 is 11.9 Å². The average molecular weight is 290 g/mol. The Morgan fingerprint density at radius 2 is 1.86 bits per heavy atom. The number of carboxylic acids is 1. The van der Waals surface area contributed by atoms with Crippen LogP contribution in [0, 0.1) is 5.92 Å². The molecule has 112 valence electrons.